The first-order valence-electron chi connectivity index (χ1n) is 11.6. The highest BCUT2D eigenvalue weighted by molar-refractivity contribution is 7.09. The van der Waals surface area contributed by atoms with Crippen LogP contribution in [-0.4, -0.2) is 26.1 Å². The number of hydrogen-bond acceptors (Lipinski definition) is 1. The molecule has 29 heavy (non-hydrogen) atoms. The second kappa shape index (κ2) is 10.7. The second-order valence-electron chi connectivity index (χ2n) is 9.71. The summed E-state index contributed by atoms with van der Waals surface area (Å²) in [7, 11) is -4.23. The summed E-state index contributed by atoms with van der Waals surface area (Å²) in [5.74, 6) is 0. The Morgan fingerprint density at radius 1 is 0.621 bits per heavy atom. The van der Waals surface area contributed by atoms with E-state index in [1.807, 2.05) is 0 Å². The zero-order valence-corrected chi connectivity index (χ0v) is 21.4. The van der Waals surface area contributed by atoms with Gasteiger partial charge in [0, 0.05) is 0 Å². The van der Waals surface area contributed by atoms with Crippen LogP contribution in [0, 0.1) is 0 Å². The van der Waals surface area contributed by atoms with Gasteiger partial charge in [0.15, 0.2) is 0 Å². The van der Waals surface area contributed by atoms with E-state index in [-0.39, 0.29) is 0 Å². The summed E-state index contributed by atoms with van der Waals surface area (Å²) in [5, 5.41) is 15.3. The molecule has 0 aliphatic rings. The zero-order chi connectivity index (χ0) is 21.4. The minimum atomic E-state index is -2.12. The highest BCUT2D eigenvalue weighted by Crippen LogP contribution is 2.35. The third-order valence-corrected chi connectivity index (χ3v) is 19.1. The van der Waals surface area contributed by atoms with Crippen LogP contribution in [0.4, 0.5) is 0 Å². The number of aliphatic hydroxyl groups is 1. The third-order valence-electron chi connectivity index (χ3n) is 7.20. The van der Waals surface area contributed by atoms with Gasteiger partial charge in [0.25, 0.3) is 0 Å². The number of unbranched alkanes of at least 4 members (excludes halogenated alkanes) is 6. The molecule has 1 nitrogen and oxygen atoms in total. The fraction of sp³-hybridized carbons (Fsp3) is 0.538. The average Bonchev–Trinajstić information content (AvgIpc) is 2.74. The van der Waals surface area contributed by atoms with Gasteiger partial charge in [-0.3, -0.25) is 0 Å². The first-order chi connectivity index (χ1) is 13.8. The van der Waals surface area contributed by atoms with Crippen LogP contribution >= 0.6 is 0 Å². The number of hydrogen-bond donors (Lipinski definition) is 1. The van der Waals surface area contributed by atoms with Crippen molar-refractivity contribution in [1.82, 2.24) is 0 Å². The van der Waals surface area contributed by atoms with Gasteiger partial charge in [-0.2, -0.15) is 0 Å². The molecule has 2 aromatic carbocycles. The summed E-state index contributed by atoms with van der Waals surface area (Å²) >= 11 is 0. The molecule has 0 aromatic heterocycles. The topological polar surface area (TPSA) is 20.2 Å². The number of rotatable bonds is 12. The molecule has 0 radical (unpaired) electrons. The Labute approximate surface area is 181 Å². The molecule has 3 heteroatoms. The Morgan fingerprint density at radius 3 is 1.41 bits per heavy atom. The van der Waals surface area contributed by atoms with Crippen molar-refractivity contribution in [1.29, 1.82) is 0 Å². The molecule has 1 N–H and O–H groups in total. The SMILES string of the molecule is CCCCCCCCCC(O)([Si](C)(C)c1ccccc1)[Si](C)(C)c1ccccc1. The standard InChI is InChI=1S/C26H42OSi2/c1-6-7-8-9-10-11-18-23-26(27,28(2,3)24-19-14-12-15-20-24)29(4,5)25-21-16-13-17-22-25/h12-17,19-22,27H,6-11,18,23H2,1-5H3. The van der Waals surface area contributed by atoms with E-state index < -0.39 is 21.0 Å². The summed E-state index contributed by atoms with van der Waals surface area (Å²) in [6, 6.07) is 21.7. The first-order valence-corrected chi connectivity index (χ1v) is 17.6. The fourth-order valence-corrected chi connectivity index (χ4v) is 16.7. The highest BCUT2D eigenvalue weighted by Gasteiger charge is 2.56. The van der Waals surface area contributed by atoms with Crippen molar-refractivity contribution in [3.63, 3.8) is 0 Å². The molecular formula is C26H42OSi2. The summed E-state index contributed by atoms with van der Waals surface area (Å²) in [5.41, 5.74) is 0. The monoisotopic (exact) mass is 426 g/mol. The van der Waals surface area contributed by atoms with Crippen molar-refractivity contribution in [2.75, 3.05) is 0 Å². The van der Waals surface area contributed by atoms with E-state index in [4.69, 9.17) is 0 Å². The van der Waals surface area contributed by atoms with Gasteiger partial charge >= 0.3 is 0 Å². The van der Waals surface area contributed by atoms with E-state index >= 15 is 0 Å². The lowest BCUT2D eigenvalue weighted by Crippen LogP contribution is -2.77. The molecule has 0 spiro atoms. The Morgan fingerprint density at radius 2 is 1.00 bits per heavy atom. The predicted octanol–water partition coefficient (Wildman–Crippen LogP) is 6.17. The molecule has 2 rings (SSSR count). The van der Waals surface area contributed by atoms with Crippen molar-refractivity contribution in [2.24, 2.45) is 0 Å². The normalized spacial score (nSPS) is 12.9. The van der Waals surface area contributed by atoms with Crippen LogP contribution in [-0.2, 0) is 0 Å². The van der Waals surface area contributed by atoms with E-state index in [0.717, 1.165) is 12.8 Å². The van der Waals surface area contributed by atoms with Crippen LogP contribution < -0.4 is 10.4 Å². The lowest BCUT2D eigenvalue weighted by atomic mass is 10.1. The van der Waals surface area contributed by atoms with Crippen LogP contribution in [0.2, 0.25) is 26.2 Å². The minimum absolute atomic E-state index is 0.577. The van der Waals surface area contributed by atoms with Gasteiger partial charge in [-0.25, -0.2) is 0 Å². The van der Waals surface area contributed by atoms with Gasteiger partial charge in [-0.05, 0) is 6.42 Å². The van der Waals surface area contributed by atoms with Crippen LogP contribution in [0.25, 0.3) is 0 Å². The van der Waals surface area contributed by atoms with Crippen LogP contribution in [0.5, 0.6) is 0 Å². The van der Waals surface area contributed by atoms with Crippen molar-refractivity contribution >= 4 is 26.5 Å². The van der Waals surface area contributed by atoms with Crippen molar-refractivity contribution in [3.8, 4) is 0 Å². The molecule has 0 unspecified atom stereocenters. The molecule has 0 saturated heterocycles. The number of benzene rings is 2. The van der Waals surface area contributed by atoms with Crippen molar-refractivity contribution in [3.05, 3.63) is 60.7 Å². The van der Waals surface area contributed by atoms with Crippen molar-refractivity contribution < 1.29 is 5.11 Å². The van der Waals surface area contributed by atoms with E-state index in [9.17, 15) is 5.11 Å². The first kappa shape index (κ1) is 24.1. The summed E-state index contributed by atoms with van der Waals surface area (Å²) in [4.78, 5) is -0.577. The summed E-state index contributed by atoms with van der Waals surface area (Å²) in [6.07, 6.45) is 9.96. The van der Waals surface area contributed by atoms with E-state index in [1.165, 1.54) is 48.9 Å². The lowest BCUT2D eigenvalue weighted by molar-refractivity contribution is 0.176. The summed E-state index contributed by atoms with van der Waals surface area (Å²) < 4.78 is 0. The highest BCUT2D eigenvalue weighted by atomic mass is 28.4. The fourth-order valence-electron chi connectivity index (χ4n) is 4.93. The average molecular weight is 427 g/mol. The maximum Gasteiger partial charge on any atom is 0.113 e. The van der Waals surface area contributed by atoms with Crippen LogP contribution in [0.1, 0.15) is 58.3 Å². The Hall–Kier alpha value is -1.17. The maximum atomic E-state index is 12.5. The van der Waals surface area contributed by atoms with E-state index in [1.54, 1.807) is 0 Å². The molecule has 0 amide bonds. The molecule has 160 valence electrons. The minimum Gasteiger partial charge on any atom is -0.396 e. The van der Waals surface area contributed by atoms with Gasteiger partial charge in [0.05, 0.1) is 4.85 Å². The molecule has 0 saturated carbocycles. The quantitative estimate of drug-likeness (QED) is 0.318. The van der Waals surface area contributed by atoms with Gasteiger partial charge in [-0.1, -0.05) is 149 Å². The lowest BCUT2D eigenvalue weighted by Gasteiger charge is -2.51. The largest absolute Gasteiger partial charge is 0.396 e. The van der Waals surface area contributed by atoms with Gasteiger partial charge in [-0.15, -0.1) is 0 Å². The molecule has 0 aliphatic heterocycles. The second-order valence-corrected chi connectivity index (χ2v) is 19.5. The predicted molar refractivity (Wildman–Crippen MR) is 135 cm³/mol. The van der Waals surface area contributed by atoms with Gasteiger partial charge < -0.3 is 5.11 Å². The third kappa shape index (κ3) is 5.50. The maximum absolute atomic E-state index is 12.5. The van der Waals surface area contributed by atoms with Crippen LogP contribution in [0.3, 0.4) is 0 Å². The molecule has 0 atom stereocenters. The molecule has 2 aromatic rings. The summed E-state index contributed by atoms with van der Waals surface area (Å²) in [6.45, 7) is 11.8. The Kier molecular flexibility index (Phi) is 8.93. The Balaban J connectivity index is 2.28. The van der Waals surface area contributed by atoms with E-state index in [0.29, 0.717) is 0 Å². The Bertz CT molecular complexity index is 659. The molecule has 0 heterocycles. The smallest absolute Gasteiger partial charge is 0.113 e. The van der Waals surface area contributed by atoms with Gasteiger partial charge in [0.1, 0.15) is 16.1 Å². The van der Waals surface area contributed by atoms with E-state index in [2.05, 4.69) is 93.8 Å². The van der Waals surface area contributed by atoms with Crippen LogP contribution in [0.15, 0.2) is 60.7 Å². The van der Waals surface area contributed by atoms with Gasteiger partial charge in [0.2, 0.25) is 0 Å². The molecule has 0 fully saturated rings. The molecular weight excluding hydrogens is 384 g/mol. The zero-order valence-electron chi connectivity index (χ0n) is 19.4. The van der Waals surface area contributed by atoms with Crippen molar-refractivity contribution in [2.45, 2.75) is 89.3 Å². The molecule has 0 aliphatic carbocycles. The molecule has 0 bridgehead atoms.